The summed E-state index contributed by atoms with van der Waals surface area (Å²) in [4.78, 5) is 8.98. The van der Waals surface area contributed by atoms with Crippen molar-refractivity contribution in [1.82, 2.24) is 9.97 Å². The highest BCUT2D eigenvalue weighted by atomic mass is 19.1. The zero-order chi connectivity index (χ0) is 14.0. The molecule has 0 saturated heterocycles. The highest BCUT2D eigenvalue weighted by Gasteiger charge is 2.11. The first kappa shape index (κ1) is 13.6. The molecule has 1 heterocycles. The van der Waals surface area contributed by atoms with E-state index in [1.165, 1.54) is 12.1 Å². The molecule has 2 N–H and O–H groups in total. The number of nitrogens with zero attached hydrogens (tertiary/aromatic N) is 2. The third kappa shape index (κ3) is 2.79. The molecule has 0 amide bonds. The molecule has 19 heavy (non-hydrogen) atoms. The fraction of sp³-hybridized carbons (Fsp3) is 0.333. The molecule has 0 aliphatic carbocycles. The first-order valence-electron chi connectivity index (χ1n) is 6.33. The summed E-state index contributed by atoms with van der Waals surface area (Å²) in [6.07, 6.45) is 0.764. The van der Waals surface area contributed by atoms with Gasteiger partial charge in [0.15, 0.2) is 5.82 Å². The predicted octanol–water partition coefficient (Wildman–Crippen LogP) is 2.71. The van der Waals surface area contributed by atoms with Crippen molar-refractivity contribution >= 4 is 0 Å². The molecular formula is C15H18FN3. The van der Waals surface area contributed by atoms with E-state index in [4.69, 9.17) is 5.73 Å². The van der Waals surface area contributed by atoms with Crippen LogP contribution in [0.25, 0.3) is 11.4 Å². The van der Waals surface area contributed by atoms with Gasteiger partial charge in [0.25, 0.3) is 0 Å². The molecular weight excluding hydrogens is 241 g/mol. The molecule has 0 aliphatic rings. The number of aromatic nitrogens is 2. The van der Waals surface area contributed by atoms with Crippen LogP contribution in [0.2, 0.25) is 0 Å². The van der Waals surface area contributed by atoms with Crippen molar-refractivity contribution in [2.24, 2.45) is 5.73 Å². The zero-order valence-corrected chi connectivity index (χ0v) is 11.5. The van der Waals surface area contributed by atoms with E-state index in [9.17, 15) is 4.39 Å². The van der Waals surface area contributed by atoms with E-state index < -0.39 is 0 Å². The Morgan fingerprint density at radius 3 is 2.32 bits per heavy atom. The summed E-state index contributed by atoms with van der Waals surface area (Å²) >= 11 is 0. The summed E-state index contributed by atoms with van der Waals surface area (Å²) in [6, 6.07) is 4.67. The topological polar surface area (TPSA) is 51.8 Å². The zero-order valence-electron chi connectivity index (χ0n) is 11.5. The normalized spacial score (nSPS) is 10.8. The number of hydrogen-bond donors (Lipinski definition) is 1. The third-order valence-corrected chi connectivity index (χ3v) is 3.26. The van der Waals surface area contributed by atoms with Crippen molar-refractivity contribution in [2.75, 3.05) is 6.54 Å². The molecule has 0 spiro atoms. The van der Waals surface area contributed by atoms with Gasteiger partial charge in [0.1, 0.15) is 5.82 Å². The van der Waals surface area contributed by atoms with E-state index in [1.54, 1.807) is 6.07 Å². The Bertz CT molecular complexity index is 585. The van der Waals surface area contributed by atoms with Crippen LogP contribution in [0, 0.1) is 26.6 Å². The van der Waals surface area contributed by atoms with Gasteiger partial charge in [-0.15, -0.1) is 0 Å². The van der Waals surface area contributed by atoms with E-state index in [1.807, 2.05) is 20.8 Å². The first-order valence-corrected chi connectivity index (χ1v) is 6.33. The molecule has 4 heteroatoms. The summed E-state index contributed by atoms with van der Waals surface area (Å²) in [5, 5.41) is 0. The molecule has 0 bridgehead atoms. The van der Waals surface area contributed by atoms with Crippen LogP contribution in [0.4, 0.5) is 4.39 Å². The number of halogens is 1. The van der Waals surface area contributed by atoms with Crippen LogP contribution in [0.5, 0.6) is 0 Å². The molecule has 100 valence electrons. The molecule has 0 unspecified atom stereocenters. The van der Waals surface area contributed by atoms with Crippen molar-refractivity contribution in [1.29, 1.82) is 0 Å². The summed E-state index contributed by atoms with van der Waals surface area (Å²) < 4.78 is 13.4. The van der Waals surface area contributed by atoms with E-state index in [-0.39, 0.29) is 5.82 Å². The Hall–Kier alpha value is -1.81. The van der Waals surface area contributed by atoms with Gasteiger partial charge in [-0.1, -0.05) is 6.07 Å². The van der Waals surface area contributed by atoms with Gasteiger partial charge in [-0.2, -0.15) is 0 Å². The van der Waals surface area contributed by atoms with Gasteiger partial charge in [0, 0.05) is 17.0 Å². The number of hydrogen-bond acceptors (Lipinski definition) is 3. The van der Waals surface area contributed by atoms with E-state index in [2.05, 4.69) is 9.97 Å². The van der Waals surface area contributed by atoms with Crippen LogP contribution in [0.1, 0.15) is 22.5 Å². The monoisotopic (exact) mass is 259 g/mol. The fourth-order valence-corrected chi connectivity index (χ4v) is 2.20. The average molecular weight is 259 g/mol. The molecule has 2 rings (SSSR count). The Kier molecular flexibility index (Phi) is 3.90. The molecule has 0 atom stereocenters. The third-order valence-electron chi connectivity index (χ3n) is 3.26. The van der Waals surface area contributed by atoms with Gasteiger partial charge in [0.05, 0.1) is 0 Å². The molecule has 0 saturated carbocycles. The van der Waals surface area contributed by atoms with Crippen LogP contribution in [-0.2, 0) is 6.42 Å². The lowest BCUT2D eigenvalue weighted by Crippen LogP contribution is -2.09. The number of nitrogens with two attached hydrogens (primary N) is 1. The van der Waals surface area contributed by atoms with Crippen LogP contribution in [0.15, 0.2) is 18.2 Å². The van der Waals surface area contributed by atoms with Crippen molar-refractivity contribution in [3.05, 3.63) is 46.5 Å². The van der Waals surface area contributed by atoms with E-state index >= 15 is 0 Å². The van der Waals surface area contributed by atoms with Gasteiger partial charge in [-0.3, -0.25) is 0 Å². The number of benzene rings is 1. The van der Waals surface area contributed by atoms with E-state index in [0.29, 0.717) is 12.4 Å². The fourth-order valence-electron chi connectivity index (χ4n) is 2.20. The maximum Gasteiger partial charge on any atom is 0.159 e. The second kappa shape index (κ2) is 5.45. The predicted molar refractivity (Wildman–Crippen MR) is 74.4 cm³/mol. The standard InChI is InChI=1S/C15H18FN3/c1-9-4-5-12(16)8-14(9)15-18-10(2)13(6-7-17)11(3)19-15/h4-5,8H,6-7,17H2,1-3H3. The van der Waals surface area contributed by atoms with Gasteiger partial charge in [-0.05, 0) is 57.0 Å². The Balaban J connectivity index is 2.55. The Morgan fingerprint density at radius 2 is 1.74 bits per heavy atom. The Labute approximate surface area is 112 Å². The summed E-state index contributed by atoms with van der Waals surface area (Å²) in [5.41, 5.74) is 10.2. The molecule has 3 nitrogen and oxygen atoms in total. The minimum absolute atomic E-state index is 0.273. The molecule has 0 fully saturated rings. The van der Waals surface area contributed by atoms with Gasteiger partial charge < -0.3 is 5.73 Å². The van der Waals surface area contributed by atoms with Crippen molar-refractivity contribution in [3.8, 4) is 11.4 Å². The average Bonchev–Trinajstić information content (AvgIpc) is 2.36. The molecule has 0 radical (unpaired) electrons. The quantitative estimate of drug-likeness (QED) is 0.922. The lowest BCUT2D eigenvalue weighted by atomic mass is 10.1. The molecule has 0 aliphatic heterocycles. The van der Waals surface area contributed by atoms with Crippen molar-refractivity contribution in [2.45, 2.75) is 27.2 Å². The van der Waals surface area contributed by atoms with Crippen LogP contribution < -0.4 is 5.73 Å². The van der Waals surface area contributed by atoms with Crippen LogP contribution in [-0.4, -0.2) is 16.5 Å². The SMILES string of the molecule is Cc1ccc(F)cc1-c1nc(C)c(CCN)c(C)n1. The lowest BCUT2D eigenvalue weighted by Gasteiger charge is -2.11. The summed E-state index contributed by atoms with van der Waals surface area (Å²) in [7, 11) is 0. The number of rotatable bonds is 3. The van der Waals surface area contributed by atoms with Gasteiger partial charge in [-0.25, -0.2) is 14.4 Å². The highest BCUT2D eigenvalue weighted by Crippen LogP contribution is 2.23. The van der Waals surface area contributed by atoms with Gasteiger partial charge >= 0.3 is 0 Å². The van der Waals surface area contributed by atoms with Crippen molar-refractivity contribution < 1.29 is 4.39 Å². The first-order chi connectivity index (χ1) is 9.02. The van der Waals surface area contributed by atoms with Gasteiger partial charge in [0.2, 0.25) is 0 Å². The minimum Gasteiger partial charge on any atom is -0.330 e. The van der Waals surface area contributed by atoms with E-state index in [0.717, 1.165) is 34.5 Å². The summed E-state index contributed by atoms with van der Waals surface area (Å²) in [6.45, 7) is 6.38. The second-order valence-electron chi connectivity index (χ2n) is 4.69. The molecule has 1 aromatic heterocycles. The lowest BCUT2D eigenvalue weighted by molar-refractivity contribution is 0.627. The Morgan fingerprint density at radius 1 is 1.11 bits per heavy atom. The smallest absolute Gasteiger partial charge is 0.159 e. The maximum absolute atomic E-state index is 13.4. The minimum atomic E-state index is -0.273. The van der Waals surface area contributed by atoms with Crippen molar-refractivity contribution in [3.63, 3.8) is 0 Å². The van der Waals surface area contributed by atoms with Crippen LogP contribution in [0.3, 0.4) is 0 Å². The maximum atomic E-state index is 13.4. The second-order valence-corrected chi connectivity index (χ2v) is 4.69. The molecule has 1 aromatic carbocycles. The highest BCUT2D eigenvalue weighted by molar-refractivity contribution is 5.60. The molecule has 2 aromatic rings. The summed E-state index contributed by atoms with van der Waals surface area (Å²) in [5.74, 6) is 0.304. The largest absolute Gasteiger partial charge is 0.330 e. The van der Waals surface area contributed by atoms with Crippen LogP contribution >= 0.6 is 0 Å². The number of aryl methyl sites for hydroxylation is 3.